The fourth-order valence-corrected chi connectivity index (χ4v) is 3.80. The molecule has 0 bridgehead atoms. The molecule has 11 heavy (non-hydrogen) atoms. The molecule has 1 N–H and O–H groups in total. The first-order chi connectivity index (χ1) is 5.22. The average Bonchev–Trinajstić information content (AvgIpc) is 1.69. The predicted octanol–water partition coefficient (Wildman–Crippen LogP) is 2.09. The van der Waals surface area contributed by atoms with Gasteiger partial charge in [0.15, 0.2) is 0 Å². The molecule has 0 radical (unpaired) electrons. The Labute approximate surface area is 67.8 Å². The first-order valence-corrected chi connectivity index (χ1v) is 4.90. The molecule has 3 rings (SSSR count). The molecule has 2 spiro atoms. The number of hydrogen-bond acceptors (Lipinski definition) is 1. The molecule has 3 fully saturated rings. The van der Waals surface area contributed by atoms with E-state index >= 15 is 0 Å². The van der Waals surface area contributed by atoms with Crippen molar-refractivity contribution in [2.75, 3.05) is 0 Å². The minimum atomic E-state index is 0.0624. The lowest BCUT2D eigenvalue weighted by molar-refractivity contribution is -0.182. The summed E-state index contributed by atoms with van der Waals surface area (Å²) in [6.45, 7) is 0. The SMILES string of the molecule is OC1CC2(C1)CC1(CCC1)C2. The molecule has 0 aliphatic heterocycles. The van der Waals surface area contributed by atoms with Crippen molar-refractivity contribution in [1.82, 2.24) is 0 Å². The Hall–Kier alpha value is -0.0400. The van der Waals surface area contributed by atoms with E-state index in [2.05, 4.69) is 0 Å². The minimum absolute atomic E-state index is 0.0624. The van der Waals surface area contributed by atoms with E-state index < -0.39 is 0 Å². The summed E-state index contributed by atoms with van der Waals surface area (Å²) < 4.78 is 0. The first-order valence-electron chi connectivity index (χ1n) is 4.90. The van der Waals surface area contributed by atoms with Crippen molar-refractivity contribution in [3.63, 3.8) is 0 Å². The van der Waals surface area contributed by atoms with Crippen LogP contribution in [0.25, 0.3) is 0 Å². The van der Waals surface area contributed by atoms with Crippen molar-refractivity contribution in [1.29, 1.82) is 0 Å². The van der Waals surface area contributed by atoms with E-state index in [1.165, 1.54) is 32.1 Å². The molecule has 0 saturated heterocycles. The normalized spacial score (nSPS) is 37.9. The van der Waals surface area contributed by atoms with E-state index in [4.69, 9.17) is 0 Å². The molecule has 62 valence electrons. The van der Waals surface area contributed by atoms with Gasteiger partial charge in [0.25, 0.3) is 0 Å². The molecule has 3 aliphatic carbocycles. The maximum Gasteiger partial charge on any atom is 0.0550 e. The Balaban J connectivity index is 1.63. The van der Waals surface area contributed by atoms with Crippen LogP contribution in [0.4, 0.5) is 0 Å². The second-order valence-corrected chi connectivity index (χ2v) is 5.27. The summed E-state index contributed by atoms with van der Waals surface area (Å²) in [7, 11) is 0. The van der Waals surface area contributed by atoms with E-state index in [9.17, 15) is 5.11 Å². The summed E-state index contributed by atoms with van der Waals surface area (Å²) in [5.74, 6) is 0. The zero-order valence-electron chi connectivity index (χ0n) is 6.97. The molecule has 0 amide bonds. The van der Waals surface area contributed by atoms with Crippen LogP contribution in [0.3, 0.4) is 0 Å². The molecule has 0 unspecified atom stereocenters. The van der Waals surface area contributed by atoms with Gasteiger partial charge in [0.1, 0.15) is 0 Å². The predicted molar refractivity (Wildman–Crippen MR) is 43.2 cm³/mol. The van der Waals surface area contributed by atoms with Gasteiger partial charge >= 0.3 is 0 Å². The molecule has 3 saturated carbocycles. The van der Waals surface area contributed by atoms with Crippen LogP contribution >= 0.6 is 0 Å². The summed E-state index contributed by atoms with van der Waals surface area (Å²) in [4.78, 5) is 0. The summed E-state index contributed by atoms with van der Waals surface area (Å²) in [5, 5.41) is 9.21. The van der Waals surface area contributed by atoms with Gasteiger partial charge in [0, 0.05) is 0 Å². The summed E-state index contributed by atoms with van der Waals surface area (Å²) >= 11 is 0. The smallest absolute Gasteiger partial charge is 0.0550 e. The Morgan fingerprint density at radius 2 is 1.64 bits per heavy atom. The largest absolute Gasteiger partial charge is 0.393 e. The number of rotatable bonds is 0. The van der Waals surface area contributed by atoms with Crippen LogP contribution in [0, 0.1) is 10.8 Å². The zero-order chi connectivity index (χ0) is 7.53. The molecule has 0 aromatic carbocycles. The lowest BCUT2D eigenvalue weighted by atomic mass is 9.39. The van der Waals surface area contributed by atoms with Crippen LogP contribution in [0.2, 0.25) is 0 Å². The summed E-state index contributed by atoms with van der Waals surface area (Å²) in [5.41, 5.74) is 1.46. The van der Waals surface area contributed by atoms with Crippen LogP contribution in [-0.2, 0) is 0 Å². The highest BCUT2D eigenvalue weighted by Crippen LogP contribution is 2.70. The fourth-order valence-electron chi connectivity index (χ4n) is 3.80. The van der Waals surface area contributed by atoms with E-state index in [1.807, 2.05) is 0 Å². The zero-order valence-corrected chi connectivity index (χ0v) is 6.97. The standard InChI is InChI=1S/C10H16O/c11-8-4-10(5-8)6-9(7-10)2-1-3-9/h8,11H,1-7H2. The van der Waals surface area contributed by atoms with E-state index in [0.29, 0.717) is 5.41 Å². The molecule has 1 nitrogen and oxygen atoms in total. The van der Waals surface area contributed by atoms with Crippen LogP contribution in [0.5, 0.6) is 0 Å². The van der Waals surface area contributed by atoms with Gasteiger partial charge in [-0.05, 0) is 49.4 Å². The molecule has 0 heterocycles. The third kappa shape index (κ3) is 0.703. The van der Waals surface area contributed by atoms with Crippen molar-refractivity contribution in [2.24, 2.45) is 10.8 Å². The van der Waals surface area contributed by atoms with Crippen molar-refractivity contribution in [3.05, 3.63) is 0 Å². The Kier molecular flexibility index (Phi) is 0.976. The molecular weight excluding hydrogens is 136 g/mol. The van der Waals surface area contributed by atoms with Crippen molar-refractivity contribution in [3.8, 4) is 0 Å². The minimum Gasteiger partial charge on any atom is -0.393 e. The summed E-state index contributed by atoms with van der Waals surface area (Å²) in [6, 6.07) is 0. The van der Waals surface area contributed by atoms with E-state index in [0.717, 1.165) is 18.3 Å². The van der Waals surface area contributed by atoms with Crippen molar-refractivity contribution >= 4 is 0 Å². The van der Waals surface area contributed by atoms with Crippen LogP contribution in [0.15, 0.2) is 0 Å². The van der Waals surface area contributed by atoms with Crippen molar-refractivity contribution in [2.45, 2.75) is 51.0 Å². The third-order valence-corrected chi connectivity index (χ3v) is 4.25. The van der Waals surface area contributed by atoms with E-state index in [-0.39, 0.29) is 6.10 Å². The van der Waals surface area contributed by atoms with Gasteiger partial charge in [0.05, 0.1) is 6.10 Å². The molecule has 0 atom stereocenters. The number of aliphatic hydroxyl groups excluding tert-OH is 1. The van der Waals surface area contributed by atoms with Gasteiger partial charge in [-0.15, -0.1) is 0 Å². The Morgan fingerprint density at radius 3 is 2.00 bits per heavy atom. The maximum atomic E-state index is 9.21. The van der Waals surface area contributed by atoms with Crippen LogP contribution in [-0.4, -0.2) is 11.2 Å². The van der Waals surface area contributed by atoms with Crippen LogP contribution < -0.4 is 0 Å². The highest BCUT2D eigenvalue weighted by molar-refractivity contribution is 5.12. The third-order valence-electron chi connectivity index (χ3n) is 4.25. The lowest BCUT2D eigenvalue weighted by Gasteiger charge is -2.66. The topological polar surface area (TPSA) is 20.2 Å². The van der Waals surface area contributed by atoms with E-state index in [1.54, 1.807) is 0 Å². The summed E-state index contributed by atoms with van der Waals surface area (Å²) in [6.07, 6.45) is 9.67. The first kappa shape index (κ1) is 6.47. The molecule has 0 aromatic heterocycles. The molecule has 3 aliphatic rings. The van der Waals surface area contributed by atoms with Gasteiger partial charge in [0.2, 0.25) is 0 Å². The Morgan fingerprint density at radius 1 is 1.00 bits per heavy atom. The second kappa shape index (κ2) is 1.66. The van der Waals surface area contributed by atoms with Gasteiger partial charge in [-0.25, -0.2) is 0 Å². The highest BCUT2D eigenvalue weighted by Gasteiger charge is 2.61. The molecule has 1 heteroatoms. The highest BCUT2D eigenvalue weighted by atomic mass is 16.3. The molecular formula is C10H16O. The van der Waals surface area contributed by atoms with Gasteiger partial charge in [-0.2, -0.15) is 0 Å². The number of hydrogen-bond donors (Lipinski definition) is 1. The number of aliphatic hydroxyl groups is 1. The monoisotopic (exact) mass is 152 g/mol. The quantitative estimate of drug-likeness (QED) is 0.563. The van der Waals surface area contributed by atoms with Crippen LogP contribution in [0.1, 0.15) is 44.9 Å². The molecule has 0 aromatic rings. The lowest BCUT2D eigenvalue weighted by Crippen LogP contribution is -2.57. The van der Waals surface area contributed by atoms with Crippen molar-refractivity contribution < 1.29 is 5.11 Å². The Bertz CT molecular complexity index is 177. The fraction of sp³-hybridized carbons (Fsp3) is 1.00. The van der Waals surface area contributed by atoms with Gasteiger partial charge in [-0.1, -0.05) is 6.42 Å². The maximum absolute atomic E-state index is 9.21. The van der Waals surface area contributed by atoms with Gasteiger partial charge in [-0.3, -0.25) is 0 Å². The van der Waals surface area contributed by atoms with Gasteiger partial charge < -0.3 is 5.11 Å². The average molecular weight is 152 g/mol. The second-order valence-electron chi connectivity index (χ2n) is 5.27.